The zero-order chi connectivity index (χ0) is 24.2. The summed E-state index contributed by atoms with van der Waals surface area (Å²) in [6.45, 7) is 2.31. The number of aliphatic hydroxyl groups excluding tert-OH is 5. The van der Waals surface area contributed by atoms with Gasteiger partial charge in [0.05, 0.1) is 0 Å². The molecule has 184 valence electrons. The highest BCUT2D eigenvalue weighted by Crippen LogP contribution is 2.30. The Hall–Kier alpha value is -1.91. The van der Waals surface area contributed by atoms with Crippen LogP contribution in [0.2, 0.25) is 0 Å². The second kappa shape index (κ2) is 11.3. The molecule has 2 saturated heterocycles. The third-order valence-corrected chi connectivity index (χ3v) is 4.78. The summed E-state index contributed by atoms with van der Waals surface area (Å²) in [5.74, 6) is -2.20. The number of esters is 3. The molecule has 0 bridgehead atoms. The third-order valence-electron chi connectivity index (χ3n) is 4.78. The van der Waals surface area contributed by atoms with Crippen LogP contribution in [0, 0.1) is 0 Å². The average molecular weight is 468 g/mol. The molecule has 0 aromatic carbocycles. The van der Waals surface area contributed by atoms with Crippen LogP contribution in [0.1, 0.15) is 20.8 Å². The highest BCUT2D eigenvalue weighted by molar-refractivity contribution is 5.66. The number of carbonyl (C=O) groups is 3. The predicted molar refractivity (Wildman–Crippen MR) is 97.3 cm³/mol. The van der Waals surface area contributed by atoms with E-state index in [2.05, 4.69) is 0 Å². The largest absolute Gasteiger partial charge is 0.463 e. The number of carbonyl (C=O) groups excluding carboxylic acids is 3. The SMILES string of the molecule is CC(=O)OCC1O[C@@H](O[C@@H]2C(COC(C)=O)OC(OC(C)=O)[C@@H](O)C2O)[C@@H](O)C(O)[C@H]1O. The van der Waals surface area contributed by atoms with E-state index in [4.69, 9.17) is 28.4 Å². The maximum absolute atomic E-state index is 11.2. The van der Waals surface area contributed by atoms with Crippen LogP contribution >= 0.6 is 0 Å². The average Bonchev–Trinajstić information content (AvgIpc) is 2.70. The van der Waals surface area contributed by atoms with Crippen LogP contribution in [0.3, 0.4) is 0 Å². The molecule has 0 saturated carbocycles. The summed E-state index contributed by atoms with van der Waals surface area (Å²) in [4.78, 5) is 33.5. The van der Waals surface area contributed by atoms with Crippen molar-refractivity contribution >= 4 is 17.9 Å². The fourth-order valence-corrected chi connectivity index (χ4v) is 3.19. The van der Waals surface area contributed by atoms with Crippen LogP contribution in [0.15, 0.2) is 0 Å². The second-order valence-electron chi connectivity index (χ2n) is 7.35. The number of ether oxygens (including phenoxy) is 6. The first-order valence-electron chi connectivity index (χ1n) is 9.73. The Morgan fingerprint density at radius 1 is 0.656 bits per heavy atom. The monoisotopic (exact) mass is 468 g/mol. The lowest BCUT2D eigenvalue weighted by Gasteiger charge is -2.45. The van der Waals surface area contributed by atoms with E-state index < -0.39 is 92.5 Å². The van der Waals surface area contributed by atoms with Gasteiger partial charge in [0.1, 0.15) is 62.0 Å². The smallest absolute Gasteiger partial charge is 0.305 e. The minimum atomic E-state index is -1.82. The van der Waals surface area contributed by atoms with E-state index >= 15 is 0 Å². The van der Waals surface area contributed by atoms with Crippen molar-refractivity contribution < 1.29 is 68.3 Å². The fourth-order valence-electron chi connectivity index (χ4n) is 3.19. The van der Waals surface area contributed by atoms with Gasteiger partial charge in [0.15, 0.2) is 6.29 Å². The van der Waals surface area contributed by atoms with Gasteiger partial charge in [-0.1, -0.05) is 0 Å². The Kier molecular flexibility index (Phi) is 9.29. The van der Waals surface area contributed by atoms with Crippen molar-refractivity contribution in [1.82, 2.24) is 0 Å². The van der Waals surface area contributed by atoms with Gasteiger partial charge in [-0.15, -0.1) is 0 Å². The van der Waals surface area contributed by atoms with Crippen molar-refractivity contribution in [3.05, 3.63) is 0 Å². The summed E-state index contributed by atoms with van der Waals surface area (Å²) in [6, 6.07) is 0. The van der Waals surface area contributed by atoms with Gasteiger partial charge in [-0.3, -0.25) is 14.4 Å². The molecular weight excluding hydrogens is 440 g/mol. The Labute approximate surface area is 182 Å². The molecule has 2 heterocycles. The first kappa shape index (κ1) is 26.3. The molecule has 0 amide bonds. The van der Waals surface area contributed by atoms with Crippen molar-refractivity contribution in [2.24, 2.45) is 0 Å². The molecule has 5 unspecified atom stereocenters. The van der Waals surface area contributed by atoms with E-state index in [9.17, 15) is 39.9 Å². The van der Waals surface area contributed by atoms with Crippen LogP contribution in [0.25, 0.3) is 0 Å². The lowest BCUT2D eigenvalue weighted by Crippen LogP contribution is -2.65. The summed E-state index contributed by atoms with van der Waals surface area (Å²) in [5.41, 5.74) is 0. The van der Waals surface area contributed by atoms with E-state index in [1.54, 1.807) is 0 Å². The van der Waals surface area contributed by atoms with E-state index in [-0.39, 0.29) is 0 Å². The van der Waals surface area contributed by atoms with Crippen LogP contribution in [-0.4, -0.2) is 118 Å². The van der Waals surface area contributed by atoms with Crippen LogP contribution in [-0.2, 0) is 42.8 Å². The Balaban J connectivity index is 2.19. The molecule has 2 rings (SSSR count). The first-order chi connectivity index (χ1) is 14.9. The van der Waals surface area contributed by atoms with E-state index in [0.717, 1.165) is 20.8 Å². The lowest BCUT2D eigenvalue weighted by atomic mass is 9.97. The zero-order valence-electron chi connectivity index (χ0n) is 17.6. The molecule has 5 N–H and O–H groups in total. The molecular formula is C18H28O14. The van der Waals surface area contributed by atoms with E-state index in [0.29, 0.717) is 0 Å². The molecule has 2 fully saturated rings. The number of hydrogen-bond donors (Lipinski definition) is 5. The molecule has 10 atom stereocenters. The van der Waals surface area contributed by atoms with Gasteiger partial charge >= 0.3 is 17.9 Å². The van der Waals surface area contributed by atoms with E-state index in [1.807, 2.05) is 0 Å². The number of hydrogen-bond acceptors (Lipinski definition) is 14. The van der Waals surface area contributed by atoms with Crippen molar-refractivity contribution in [3.63, 3.8) is 0 Å². The Morgan fingerprint density at radius 3 is 1.69 bits per heavy atom. The minimum Gasteiger partial charge on any atom is -0.463 e. The maximum Gasteiger partial charge on any atom is 0.305 e. The van der Waals surface area contributed by atoms with Crippen LogP contribution < -0.4 is 0 Å². The summed E-state index contributed by atoms with van der Waals surface area (Å²) in [7, 11) is 0. The number of aliphatic hydroxyl groups is 5. The molecule has 0 aliphatic carbocycles. The molecule has 14 heteroatoms. The summed E-state index contributed by atoms with van der Waals surface area (Å²) in [5, 5.41) is 51.2. The zero-order valence-corrected chi connectivity index (χ0v) is 17.6. The predicted octanol–water partition coefficient (Wildman–Crippen LogP) is -3.68. The van der Waals surface area contributed by atoms with Crippen molar-refractivity contribution in [1.29, 1.82) is 0 Å². The Morgan fingerprint density at radius 2 is 1.16 bits per heavy atom. The van der Waals surface area contributed by atoms with Gasteiger partial charge in [-0.05, 0) is 0 Å². The molecule has 2 aliphatic heterocycles. The number of rotatable bonds is 7. The van der Waals surface area contributed by atoms with Gasteiger partial charge in [-0.25, -0.2) is 0 Å². The van der Waals surface area contributed by atoms with Crippen molar-refractivity contribution in [3.8, 4) is 0 Å². The van der Waals surface area contributed by atoms with Gasteiger partial charge < -0.3 is 54.0 Å². The molecule has 32 heavy (non-hydrogen) atoms. The molecule has 2 aliphatic rings. The van der Waals surface area contributed by atoms with Crippen LogP contribution in [0.4, 0.5) is 0 Å². The standard InChI is InChI=1S/C18H28O14/c1-6(19)27-4-9-11(22)12(23)14(25)18(30-9)32-16-10(5-28-7(2)20)31-17(29-8(3)21)15(26)13(16)24/h9-18,22-26H,4-5H2,1-3H3/t9?,10?,11-,12?,13?,14-,15-,16+,17?,18-/m0/s1. The molecule has 0 aromatic rings. The van der Waals surface area contributed by atoms with Gasteiger partial charge in [0, 0.05) is 20.8 Å². The highest BCUT2D eigenvalue weighted by atomic mass is 16.8. The Bertz CT molecular complexity index is 670. The highest BCUT2D eigenvalue weighted by Gasteiger charge is 2.51. The van der Waals surface area contributed by atoms with E-state index in [1.165, 1.54) is 0 Å². The van der Waals surface area contributed by atoms with Gasteiger partial charge in [0.2, 0.25) is 6.29 Å². The molecule has 0 spiro atoms. The molecule has 14 nitrogen and oxygen atoms in total. The van der Waals surface area contributed by atoms with Crippen molar-refractivity contribution in [2.75, 3.05) is 13.2 Å². The third kappa shape index (κ3) is 6.55. The van der Waals surface area contributed by atoms with Gasteiger partial charge in [-0.2, -0.15) is 0 Å². The lowest BCUT2D eigenvalue weighted by molar-refractivity contribution is -0.355. The fraction of sp³-hybridized carbons (Fsp3) is 0.833. The summed E-state index contributed by atoms with van der Waals surface area (Å²) in [6.07, 6.45) is -16.2. The van der Waals surface area contributed by atoms with Crippen molar-refractivity contribution in [2.45, 2.75) is 82.2 Å². The second-order valence-corrected chi connectivity index (χ2v) is 7.35. The van der Waals surface area contributed by atoms with Crippen LogP contribution in [0.5, 0.6) is 0 Å². The summed E-state index contributed by atoms with van der Waals surface area (Å²) < 4.78 is 30.7. The minimum absolute atomic E-state index is 0.474. The molecule has 0 radical (unpaired) electrons. The van der Waals surface area contributed by atoms with Gasteiger partial charge in [0.25, 0.3) is 0 Å². The molecule has 0 aromatic heterocycles. The first-order valence-corrected chi connectivity index (χ1v) is 9.73. The normalized spacial score (nSPS) is 39.8. The topological polar surface area (TPSA) is 208 Å². The maximum atomic E-state index is 11.2. The quantitative estimate of drug-likeness (QED) is 0.180. The summed E-state index contributed by atoms with van der Waals surface area (Å²) >= 11 is 0.